The molecule has 1 saturated heterocycles. The first kappa shape index (κ1) is 11.0. The molecule has 76 valence electrons. The van der Waals surface area contributed by atoms with Gasteiger partial charge in [0, 0.05) is 19.3 Å². The van der Waals surface area contributed by atoms with Gasteiger partial charge in [0.2, 0.25) is 0 Å². The van der Waals surface area contributed by atoms with Gasteiger partial charge in [-0.25, -0.2) is 4.98 Å². The van der Waals surface area contributed by atoms with Crippen molar-refractivity contribution < 1.29 is 4.79 Å². The molecule has 0 aliphatic carbocycles. The summed E-state index contributed by atoms with van der Waals surface area (Å²) in [6.45, 7) is 2.05. The van der Waals surface area contributed by atoms with Crippen LogP contribution in [0.2, 0.25) is 0 Å². The molecule has 0 radical (unpaired) electrons. The highest BCUT2D eigenvalue weighted by Gasteiger charge is 2.15. The Labute approximate surface area is 89.5 Å². The number of carbonyl (C=O) groups excluding carboxylic acids is 1. The minimum atomic E-state index is 0. The van der Waals surface area contributed by atoms with Gasteiger partial charge in [-0.15, -0.1) is 12.4 Å². The molecule has 0 N–H and O–H groups in total. The van der Waals surface area contributed by atoms with Crippen molar-refractivity contribution in [3.05, 3.63) is 23.9 Å². The van der Waals surface area contributed by atoms with Gasteiger partial charge >= 0.3 is 0 Å². The van der Waals surface area contributed by atoms with Crippen LogP contribution < -0.4 is 4.90 Å². The number of aromatic nitrogens is 1. The summed E-state index contributed by atoms with van der Waals surface area (Å²) in [5.41, 5.74) is 0.699. The molecule has 1 aliphatic heterocycles. The molecule has 0 amide bonds. The van der Waals surface area contributed by atoms with E-state index in [1.54, 1.807) is 12.3 Å². The molecule has 1 aromatic rings. The van der Waals surface area contributed by atoms with Gasteiger partial charge in [0.25, 0.3) is 0 Å². The molecular formula is C10H13ClN2O. The van der Waals surface area contributed by atoms with Crippen molar-refractivity contribution in [2.24, 2.45) is 0 Å². The molecule has 2 heterocycles. The average Bonchev–Trinajstić information content (AvgIpc) is 2.70. The molecule has 0 bridgehead atoms. The van der Waals surface area contributed by atoms with E-state index in [4.69, 9.17) is 0 Å². The number of nitrogens with zero attached hydrogens (tertiary/aromatic N) is 2. The topological polar surface area (TPSA) is 33.2 Å². The summed E-state index contributed by atoms with van der Waals surface area (Å²) in [6, 6.07) is 3.61. The maximum absolute atomic E-state index is 10.7. The van der Waals surface area contributed by atoms with Crippen LogP contribution in [0.3, 0.4) is 0 Å². The van der Waals surface area contributed by atoms with Gasteiger partial charge in [0.1, 0.15) is 5.82 Å². The quantitative estimate of drug-likeness (QED) is 0.703. The Morgan fingerprint density at radius 2 is 2.07 bits per heavy atom. The number of anilines is 1. The lowest BCUT2D eigenvalue weighted by molar-refractivity contribution is 0.112. The number of hydrogen-bond donors (Lipinski definition) is 0. The van der Waals surface area contributed by atoms with Crippen LogP contribution in [0.4, 0.5) is 5.82 Å². The van der Waals surface area contributed by atoms with Crippen LogP contribution in [0.25, 0.3) is 0 Å². The smallest absolute Gasteiger partial charge is 0.153 e. The van der Waals surface area contributed by atoms with Crippen molar-refractivity contribution >= 4 is 24.5 Å². The molecule has 0 saturated carbocycles. The molecule has 1 aliphatic rings. The van der Waals surface area contributed by atoms with E-state index in [1.807, 2.05) is 6.07 Å². The van der Waals surface area contributed by atoms with Gasteiger partial charge in [-0.1, -0.05) is 0 Å². The number of rotatable bonds is 2. The Morgan fingerprint density at radius 1 is 1.36 bits per heavy atom. The van der Waals surface area contributed by atoms with Crippen LogP contribution in [0.5, 0.6) is 0 Å². The summed E-state index contributed by atoms with van der Waals surface area (Å²) in [7, 11) is 0. The van der Waals surface area contributed by atoms with E-state index in [0.29, 0.717) is 5.56 Å². The van der Waals surface area contributed by atoms with Crippen molar-refractivity contribution in [3.63, 3.8) is 0 Å². The van der Waals surface area contributed by atoms with Crippen molar-refractivity contribution in [1.29, 1.82) is 0 Å². The summed E-state index contributed by atoms with van der Waals surface area (Å²) in [5, 5.41) is 0. The summed E-state index contributed by atoms with van der Waals surface area (Å²) < 4.78 is 0. The lowest BCUT2D eigenvalue weighted by atomic mass is 10.2. The van der Waals surface area contributed by atoms with Gasteiger partial charge < -0.3 is 4.90 Å². The number of pyridine rings is 1. The predicted molar refractivity (Wildman–Crippen MR) is 58.3 cm³/mol. The Kier molecular flexibility index (Phi) is 3.89. The third kappa shape index (κ3) is 2.04. The lowest BCUT2D eigenvalue weighted by Crippen LogP contribution is -2.20. The molecule has 0 atom stereocenters. The van der Waals surface area contributed by atoms with Gasteiger partial charge in [-0.2, -0.15) is 0 Å². The minimum absolute atomic E-state index is 0. The largest absolute Gasteiger partial charge is 0.356 e. The predicted octanol–water partition coefficient (Wildman–Crippen LogP) is 1.92. The monoisotopic (exact) mass is 212 g/mol. The first-order valence-corrected chi connectivity index (χ1v) is 4.57. The highest BCUT2D eigenvalue weighted by molar-refractivity contribution is 5.85. The lowest BCUT2D eigenvalue weighted by Gasteiger charge is -2.17. The van der Waals surface area contributed by atoms with E-state index in [2.05, 4.69) is 9.88 Å². The Morgan fingerprint density at radius 3 is 2.71 bits per heavy atom. The van der Waals surface area contributed by atoms with E-state index in [1.165, 1.54) is 12.8 Å². The summed E-state index contributed by atoms with van der Waals surface area (Å²) in [6.07, 6.45) is 5.02. The zero-order chi connectivity index (χ0) is 9.10. The third-order valence-corrected chi connectivity index (χ3v) is 2.35. The fourth-order valence-corrected chi connectivity index (χ4v) is 1.69. The maximum atomic E-state index is 10.7. The van der Waals surface area contributed by atoms with Crippen LogP contribution >= 0.6 is 12.4 Å². The average molecular weight is 213 g/mol. The summed E-state index contributed by atoms with van der Waals surface area (Å²) >= 11 is 0. The first-order chi connectivity index (χ1) is 6.42. The van der Waals surface area contributed by atoms with Crippen LogP contribution in [-0.2, 0) is 0 Å². The van der Waals surface area contributed by atoms with Crippen molar-refractivity contribution in [2.75, 3.05) is 18.0 Å². The zero-order valence-electron chi connectivity index (χ0n) is 7.85. The molecule has 4 heteroatoms. The van der Waals surface area contributed by atoms with E-state index >= 15 is 0 Å². The molecule has 0 unspecified atom stereocenters. The van der Waals surface area contributed by atoms with Gasteiger partial charge in [-0.3, -0.25) is 4.79 Å². The van der Waals surface area contributed by atoms with Gasteiger partial charge in [-0.05, 0) is 25.0 Å². The molecule has 0 aromatic carbocycles. The Bertz CT molecular complexity index is 311. The SMILES string of the molecule is Cl.O=Cc1cccnc1N1CCCC1. The van der Waals surface area contributed by atoms with Gasteiger partial charge in [0.15, 0.2) is 6.29 Å². The third-order valence-electron chi connectivity index (χ3n) is 2.35. The van der Waals surface area contributed by atoms with Crippen molar-refractivity contribution in [2.45, 2.75) is 12.8 Å². The molecular weight excluding hydrogens is 200 g/mol. The number of halogens is 1. The highest BCUT2D eigenvalue weighted by Crippen LogP contribution is 2.20. The second kappa shape index (κ2) is 4.96. The number of hydrogen-bond acceptors (Lipinski definition) is 3. The van der Waals surface area contributed by atoms with E-state index in [-0.39, 0.29) is 12.4 Å². The second-order valence-electron chi connectivity index (χ2n) is 3.23. The number of aldehydes is 1. The van der Waals surface area contributed by atoms with Crippen molar-refractivity contribution in [1.82, 2.24) is 4.98 Å². The molecule has 3 nitrogen and oxygen atoms in total. The molecule has 0 spiro atoms. The number of carbonyl (C=O) groups is 1. The van der Waals surface area contributed by atoms with E-state index in [0.717, 1.165) is 25.2 Å². The van der Waals surface area contributed by atoms with Crippen molar-refractivity contribution in [3.8, 4) is 0 Å². The van der Waals surface area contributed by atoms with Crippen LogP contribution in [0.1, 0.15) is 23.2 Å². The molecule has 2 rings (SSSR count). The van der Waals surface area contributed by atoms with E-state index < -0.39 is 0 Å². The molecule has 14 heavy (non-hydrogen) atoms. The fourth-order valence-electron chi connectivity index (χ4n) is 1.69. The normalized spacial score (nSPS) is 15.0. The minimum Gasteiger partial charge on any atom is -0.356 e. The first-order valence-electron chi connectivity index (χ1n) is 4.57. The van der Waals surface area contributed by atoms with Crippen LogP contribution in [0, 0.1) is 0 Å². The summed E-state index contributed by atoms with van der Waals surface area (Å²) in [5.74, 6) is 0.843. The Hall–Kier alpha value is -1.09. The van der Waals surface area contributed by atoms with Gasteiger partial charge in [0.05, 0.1) is 5.56 Å². The molecule has 1 fully saturated rings. The Balaban J connectivity index is 0.000000980. The maximum Gasteiger partial charge on any atom is 0.153 e. The van der Waals surface area contributed by atoms with E-state index in [9.17, 15) is 4.79 Å². The zero-order valence-corrected chi connectivity index (χ0v) is 8.67. The highest BCUT2D eigenvalue weighted by atomic mass is 35.5. The van der Waals surface area contributed by atoms with Crippen LogP contribution in [0.15, 0.2) is 18.3 Å². The second-order valence-corrected chi connectivity index (χ2v) is 3.23. The fraction of sp³-hybridized carbons (Fsp3) is 0.400. The standard InChI is InChI=1S/C10H12N2O.ClH/c13-8-9-4-3-5-11-10(9)12-6-1-2-7-12;/h3-5,8H,1-2,6-7H2;1H. The molecule has 1 aromatic heterocycles. The van der Waals surface area contributed by atoms with Crippen LogP contribution in [-0.4, -0.2) is 24.4 Å². The summed E-state index contributed by atoms with van der Waals surface area (Å²) in [4.78, 5) is 17.1.